The summed E-state index contributed by atoms with van der Waals surface area (Å²) in [5.41, 5.74) is 0. The van der Waals surface area contributed by atoms with E-state index in [0.29, 0.717) is 20.0 Å². The molecular weight excluding hydrogens is 202 g/mol. The van der Waals surface area contributed by atoms with E-state index in [9.17, 15) is 13.6 Å². The molecule has 3 saturated heterocycles. The Hall–Kier alpha value is -0.710. The van der Waals surface area contributed by atoms with Crippen molar-refractivity contribution in [2.75, 3.05) is 13.1 Å². The molecule has 3 nitrogen and oxygen atoms in total. The second kappa shape index (κ2) is 3.70. The molecule has 15 heavy (non-hydrogen) atoms. The van der Waals surface area contributed by atoms with Gasteiger partial charge in [-0.3, -0.25) is 4.79 Å². The van der Waals surface area contributed by atoms with Crippen molar-refractivity contribution < 1.29 is 13.6 Å². The Balaban J connectivity index is 2.13. The zero-order chi connectivity index (χ0) is 11.1. The van der Waals surface area contributed by atoms with Crippen LogP contribution < -0.4 is 5.32 Å². The summed E-state index contributed by atoms with van der Waals surface area (Å²) in [5.74, 6) is -4.24. The first kappa shape index (κ1) is 10.8. The number of amides is 1. The van der Waals surface area contributed by atoms with Crippen LogP contribution in [0.2, 0.25) is 0 Å². The normalized spacial score (nSPS) is 31.5. The minimum absolute atomic E-state index is 0.0397. The zero-order valence-electron chi connectivity index (χ0n) is 8.80. The summed E-state index contributed by atoms with van der Waals surface area (Å²) in [6.45, 7) is 1.78. The van der Waals surface area contributed by atoms with Crippen LogP contribution in [-0.2, 0) is 4.79 Å². The number of hydrogen-bond acceptors (Lipinski definition) is 2. The second-order valence-electron chi connectivity index (χ2n) is 4.54. The minimum Gasteiger partial charge on any atom is -0.332 e. The second-order valence-corrected chi connectivity index (χ2v) is 4.54. The van der Waals surface area contributed by atoms with Crippen molar-refractivity contribution in [3.05, 3.63) is 0 Å². The topological polar surface area (TPSA) is 32.3 Å². The van der Waals surface area contributed by atoms with E-state index in [-0.39, 0.29) is 12.1 Å². The zero-order valence-corrected chi connectivity index (χ0v) is 8.80. The molecule has 5 heteroatoms. The molecule has 0 radical (unpaired) electrons. The third-order valence-corrected chi connectivity index (χ3v) is 3.23. The van der Waals surface area contributed by atoms with Crippen molar-refractivity contribution in [1.82, 2.24) is 10.2 Å². The van der Waals surface area contributed by atoms with Gasteiger partial charge in [0.1, 0.15) is 0 Å². The number of piperazine rings is 1. The van der Waals surface area contributed by atoms with Gasteiger partial charge in [0.15, 0.2) is 0 Å². The van der Waals surface area contributed by atoms with Gasteiger partial charge in [-0.25, -0.2) is 0 Å². The first-order valence-corrected chi connectivity index (χ1v) is 5.41. The highest BCUT2D eigenvalue weighted by atomic mass is 19.3. The van der Waals surface area contributed by atoms with E-state index in [0.717, 1.165) is 19.3 Å². The predicted octanol–water partition coefficient (Wildman–Crippen LogP) is 0.995. The van der Waals surface area contributed by atoms with Crippen molar-refractivity contribution in [3.63, 3.8) is 0 Å². The molecule has 0 aromatic heterocycles. The summed E-state index contributed by atoms with van der Waals surface area (Å²) < 4.78 is 25.9. The van der Waals surface area contributed by atoms with E-state index in [1.54, 1.807) is 0 Å². The summed E-state index contributed by atoms with van der Waals surface area (Å²) >= 11 is 0. The number of alkyl halides is 2. The summed E-state index contributed by atoms with van der Waals surface area (Å²) in [6, 6.07) is 0.164. The average Bonchev–Trinajstić information content (AvgIpc) is 2.49. The Labute approximate surface area is 87.8 Å². The molecule has 2 unspecified atom stereocenters. The van der Waals surface area contributed by atoms with Crippen LogP contribution in [-0.4, -0.2) is 41.9 Å². The first-order chi connectivity index (χ1) is 6.98. The lowest BCUT2D eigenvalue weighted by Gasteiger charge is -2.38. The fraction of sp³-hybridized carbons (Fsp3) is 0.900. The molecule has 2 atom stereocenters. The molecule has 0 saturated carbocycles. The highest BCUT2D eigenvalue weighted by Crippen LogP contribution is 2.25. The van der Waals surface area contributed by atoms with Gasteiger partial charge in [0.05, 0.1) is 0 Å². The molecule has 0 aliphatic carbocycles. The van der Waals surface area contributed by atoms with Crippen molar-refractivity contribution in [2.24, 2.45) is 0 Å². The van der Waals surface area contributed by atoms with E-state index >= 15 is 0 Å². The molecule has 86 valence electrons. The fourth-order valence-corrected chi connectivity index (χ4v) is 2.42. The lowest BCUT2D eigenvalue weighted by molar-refractivity contribution is -0.158. The number of carbonyl (C=O) groups excluding carboxylic acids is 1. The van der Waals surface area contributed by atoms with E-state index in [4.69, 9.17) is 0 Å². The minimum atomic E-state index is -3.23. The largest absolute Gasteiger partial charge is 0.332 e. The molecule has 0 spiro atoms. The number of hydrogen-bond donors (Lipinski definition) is 1. The van der Waals surface area contributed by atoms with Crippen LogP contribution in [0.4, 0.5) is 8.78 Å². The molecule has 2 bridgehead atoms. The molecular formula is C10H16F2N2O. The maximum Gasteiger partial charge on any atom is 0.322 e. The van der Waals surface area contributed by atoms with Crippen LogP contribution in [0.15, 0.2) is 0 Å². The van der Waals surface area contributed by atoms with Crippen molar-refractivity contribution in [2.45, 2.75) is 44.2 Å². The van der Waals surface area contributed by atoms with Gasteiger partial charge < -0.3 is 10.2 Å². The third-order valence-electron chi connectivity index (χ3n) is 3.23. The van der Waals surface area contributed by atoms with Crippen molar-refractivity contribution in [3.8, 4) is 0 Å². The van der Waals surface area contributed by atoms with E-state index in [2.05, 4.69) is 5.32 Å². The lowest BCUT2D eigenvalue weighted by atomic mass is 10.1. The van der Waals surface area contributed by atoms with E-state index in [1.807, 2.05) is 0 Å². The number of halogens is 2. The first-order valence-electron chi connectivity index (χ1n) is 5.41. The molecule has 1 N–H and O–H groups in total. The van der Waals surface area contributed by atoms with Gasteiger partial charge >= 0.3 is 5.92 Å². The van der Waals surface area contributed by atoms with Gasteiger partial charge in [-0.05, 0) is 19.3 Å². The number of carbonyl (C=O) groups is 1. The third kappa shape index (κ3) is 2.12. The van der Waals surface area contributed by atoms with Crippen molar-refractivity contribution >= 4 is 5.91 Å². The van der Waals surface area contributed by atoms with Gasteiger partial charge in [-0.1, -0.05) is 0 Å². The summed E-state index contributed by atoms with van der Waals surface area (Å²) in [7, 11) is 0. The summed E-state index contributed by atoms with van der Waals surface area (Å²) in [6.07, 6.45) is 2.84. The van der Waals surface area contributed by atoms with E-state index < -0.39 is 11.8 Å². The van der Waals surface area contributed by atoms with Gasteiger partial charge in [-0.2, -0.15) is 8.78 Å². The Kier molecular flexibility index (Phi) is 2.66. The van der Waals surface area contributed by atoms with Gasteiger partial charge in [0.25, 0.3) is 5.91 Å². The lowest BCUT2D eigenvalue weighted by Crippen LogP contribution is -2.59. The quantitative estimate of drug-likeness (QED) is 0.712. The van der Waals surface area contributed by atoms with Crippen LogP contribution in [0.3, 0.4) is 0 Å². The van der Waals surface area contributed by atoms with Crippen molar-refractivity contribution in [1.29, 1.82) is 0 Å². The van der Waals surface area contributed by atoms with Crippen LogP contribution in [0.5, 0.6) is 0 Å². The highest BCUT2D eigenvalue weighted by Gasteiger charge is 2.42. The predicted molar refractivity (Wildman–Crippen MR) is 51.8 cm³/mol. The molecule has 3 aliphatic heterocycles. The smallest absolute Gasteiger partial charge is 0.322 e. The SMILES string of the molecule is CC(F)(F)C(=O)N1CC2CCCC1CN2. The maximum absolute atomic E-state index is 12.9. The van der Waals surface area contributed by atoms with Crippen LogP contribution >= 0.6 is 0 Å². The molecule has 0 aromatic carbocycles. The number of nitrogens with zero attached hydrogens (tertiary/aromatic N) is 1. The van der Waals surface area contributed by atoms with Gasteiger partial charge in [0, 0.05) is 32.1 Å². The summed E-state index contributed by atoms with van der Waals surface area (Å²) in [5, 5.41) is 3.28. The highest BCUT2D eigenvalue weighted by molar-refractivity contribution is 5.83. The molecule has 1 amide bonds. The Morgan fingerprint density at radius 2 is 2.20 bits per heavy atom. The standard InChI is InChI=1S/C10H16F2N2O/c1-10(11,12)9(15)14-6-7-3-2-4-8(14)5-13-7/h7-8,13H,2-6H2,1H3. The number of nitrogens with one attached hydrogen (secondary N) is 1. The average molecular weight is 218 g/mol. The molecule has 3 fully saturated rings. The Morgan fingerprint density at radius 1 is 1.47 bits per heavy atom. The monoisotopic (exact) mass is 218 g/mol. The maximum atomic E-state index is 12.9. The molecule has 3 heterocycles. The van der Waals surface area contributed by atoms with Gasteiger partial charge in [0.2, 0.25) is 0 Å². The Bertz CT molecular complexity index is 261. The molecule has 3 aliphatic rings. The number of fused-ring (bicyclic) bond motifs is 4. The van der Waals surface area contributed by atoms with Crippen LogP contribution in [0.1, 0.15) is 26.2 Å². The van der Waals surface area contributed by atoms with Crippen LogP contribution in [0, 0.1) is 0 Å². The van der Waals surface area contributed by atoms with Gasteiger partial charge in [-0.15, -0.1) is 0 Å². The summed E-state index contributed by atoms with van der Waals surface area (Å²) in [4.78, 5) is 12.9. The fourth-order valence-electron chi connectivity index (χ4n) is 2.42. The molecule has 3 rings (SSSR count). The van der Waals surface area contributed by atoms with Crippen LogP contribution in [0.25, 0.3) is 0 Å². The Morgan fingerprint density at radius 3 is 2.87 bits per heavy atom. The molecule has 0 aromatic rings. The van der Waals surface area contributed by atoms with E-state index in [1.165, 1.54) is 4.90 Å². The number of rotatable bonds is 1.